The Bertz CT molecular complexity index is 257. The van der Waals surface area contributed by atoms with E-state index in [2.05, 4.69) is 10.0 Å². The molecule has 78 valence electrons. The van der Waals surface area contributed by atoms with Crippen molar-refractivity contribution in [2.75, 3.05) is 26.4 Å². The smallest absolute Gasteiger partial charge is 0.208 e. The quantitative estimate of drug-likeness (QED) is 0.662. The molecule has 1 fully saturated rings. The molecule has 1 aliphatic carbocycles. The van der Waals surface area contributed by atoms with E-state index in [0.717, 1.165) is 19.4 Å². The van der Waals surface area contributed by atoms with Crippen LogP contribution in [0.2, 0.25) is 0 Å². The van der Waals surface area contributed by atoms with Gasteiger partial charge in [0.25, 0.3) is 0 Å². The van der Waals surface area contributed by atoms with Gasteiger partial charge in [0, 0.05) is 13.1 Å². The van der Waals surface area contributed by atoms with Crippen LogP contribution in [0.5, 0.6) is 0 Å². The molecule has 0 saturated heterocycles. The molecule has 1 aliphatic rings. The second kappa shape index (κ2) is 3.94. The summed E-state index contributed by atoms with van der Waals surface area (Å²) in [6.45, 7) is 1.47. The molecule has 0 heterocycles. The molecule has 5 heteroatoms. The molecular weight excluding hydrogens is 188 g/mol. The molecule has 0 atom stereocenters. The SMILES string of the molecule is CNCC1(CNS(C)(=O)=O)CCC1. The molecule has 0 aliphatic heterocycles. The van der Waals surface area contributed by atoms with E-state index >= 15 is 0 Å². The van der Waals surface area contributed by atoms with Gasteiger partial charge in [0.15, 0.2) is 0 Å². The maximum atomic E-state index is 10.9. The molecule has 0 bridgehead atoms. The lowest BCUT2D eigenvalue weighted by Gasteiger charge is -2.41. The van der Waals surface area contributed by atoms with Crippen LogP contribution in [0.15, 0.2) is 0 Å². The molecule has 4 nitrogen and oxygen atoms in total. The fourth-order valence-corrected chi connectivity index (χ4v) is 2.32. The summed E-state index contributed by atoms with van der Waals surface area (Å²) < 4.78 is 24.4. The molecule has 0 aromatic rings. The minimum atomic E-state index is -3.03. The molecule has 0 unspecified atom stereocenters. The third kappa shape index (κ3) is 3.25. The molecular formula is C8H18N2O2S. The molecule has 0 aromatic carbocycles. The van der Waals surface area contributed by atoms with Crippen molar-refractivity contribution < 1.29 is 8.42 Å². The highest BCUT2D eigenvalue weighted by molar-refractivity contribution is 7.88. The average Bonchev–Trinajstić information content (AvgIpc) is 1.92. The van der Waals surface area contributed by atoms with Crippen LogP contribution < -0.4 is 10.0 Å². The Hall–Kier alpha value is -0.130. The first-order valence-corrected chi connectivity index (χ1v) is 6.46. The Balaban J connectivity index is 2.41. The summed E-state index contributed by atoms with van der Waals surface area (Å²) in [5.41, 5.74) is 0.178. The third-order valence-corrected chi connectivity index (χ3v) is 3.34. The number of hydrogen-bond acceptors (Lipinski definition) is 3. The summed E-state index contributed by atoms with van der Waals surface area (Å²) in [5, 5.41) is 3.11. The highest BCUT2D eigenvalue weighted by atomic mass is 32.2. The van der Waals surface area contributed by atoms with Crippen molar-refractivity contribution >= 4 is 10.0 Å². The van der Waals surface area contributed by atoms with E-state index in [1.807, 2.05) is 7.05 Å². The van der Waals surface area contributed by atoms with Crippen LogP contribution in [0.3, 0.4) is 0 Å². The van der Waals surface area contributed by atoms with Gasteiger partial charge in [-0.05, 0) is 25.3 Å². The predicted octanol–water partition coefficient (Wildman–Crippen LogP) is -0.0747. The van der Waals surface area contributed by atoms with E-state index in [1.165, 1.54) is 12.7 Å². The summed E-state index contributed by atoms with van der Waals surface area (Å²) in [5.74, 6) is 0. The van der Waals surface area contributed by atoms with E-state index in [9.17, 15) is 8.42 Å². The summed E-state index contributed by atoms with van der Waals surface area (Å²) in [4.78, 5) is 0. The lowest BCUT2D eigenvalue weighted by Crippen LogP contribution is -2.47. The number of rotatable bonds is 5. The molecule has 2 N–H and O–H groups in total. The first-order chi connectivity index (χ1) is 5.97. The van der Waals surface area contributed by atoms with Gasteiger partial charge in [-0.25, -0.2) is 13.1 Å². The maximum absolute atomic E-state index is 10.9. The van der Waals surface area contributed by atoms with Crippen molar-refractivity contribution in [2.24, 2.45) is 5.41 Å². The molecule has 1 rings (SSSR count). The van der Waals surface area contributed by atoms with Gasteiger partial charge in [-0.15, -0.1) is 0 Å². The van der Waals surface area contributed by atoms with Gasteiger partial charge in [-0.2, -0.15) is 0 Å². The van der Waals surface area contributed by atoms with Crippen molar-refractivity contribution in [2.45, 2.75) is 19.3 Å². The minimum absolute atomic E-state index is 0.178. The highest BCUT2D eigenvalue weighted by Gasteiger charge is 2.36. The second-order valence-corrected chi connectivity index (χ2v) is 5.81. The summed E-state index contributed by atoms with van der Waals surface area (Å²) in [7, 11) is -1.13. The van der Waals surface area contributed by atoms with Gasteiger partial charge in [-0.1, -0.05) is 6.42 Å². The molecule has 13 heavy (non-hydrogen) atoms. The van der Waals surface area contributed by atoms with E-state index in [4.69, 9.17) is 0 Å². The Labute approximate surface area is 80.1 Å². The number of hydrogen-bond donors (Lipinski definition) is 2. The van der Waals surface area contributed by atoms with Gasteiger partial charge in [-0.3, -0.25) is 0 Å². The first kappa shape index (κ1) is 10.9. The fourth-order valence-electron chi connectivity index (χ4n) is 1.75. The normalized spacial score (nSPS) is 21.1. The van der Waals surface area contributed by atoms with E-state index in [1.54, 1.807) is 0 Å². The largest absolute Gasteiger partial charge is 0.319 e. The van der Waals surface area contributed by atoms with Gasteiger partial charge in [0.2, 0.25) is 10.0 Å². The molecule has 0 amide bonds. The summed E-state index contributed by atoms with van der Waals surface area (Å²) in [6.07, 6.45) is 4.67. The van der Waals surface area contributed by atoms with Crippen LogP contribution in [0.1, 0.15) is 19.3 Å². The summed E-state index contributed by atoms with van der Waals surface area (Å²) in [6, 6.07) is 0. The van der Waals surface area contributed by atoms with Gasteiger partial charge in [0.05, 0.1) is 6.26 Å². The zero-order valence-corrected chi connectivity index (χ0v) is 9.08. The Morgan fingerprint density at radius 2 is 1.92 bits per heavy atom. The second-order valence-electron chi connectivity index (χ2n) is 3.98. The van der Waals surface area contributed by atoms with Crippen LogP contribution in [0.4, 0.5) is 0 Å². The molecule has 0 aromatic heterocycles. The van der Waals surface area contributed by atoms with Gasteiger partial charge in [0.1, 0.15) is 0 Å². The predicted molar refractivity (Wildman–Crippen MR) is 53.1 cm³/mol. The topological polar surface area (TPSA) is 58.2 Å². The van der Waals surface area contributed by atoms with E-state index in [0.29, 0.717) is 6.54 Å². The lowest BCUT2D eigenvalue weighted by atomic mass is 9.69. The van der Waals surface area contributed by atoms with Crippen molar-refractivity contribution in [1.29, 1.82) is 0 Å². The number of nitrogens with one attached hydrogen (secondary N) is 2. The zero-order valence-electron chi connectivity index (χ0n) is 8.26. The van der Waals surface area contributed by atoms with Crippen LogP contribution in [0.25, 0.3) is 0 Å². The Morgan fingerprint density at radius 1 is 1.31 bits per heavy atom. The Morgan fingerprint density at radius 3 is 2.23 bits per heavy atom. The standard InChI is InChI=1S/C8H18N2O2S/c1-9-6-8(4-3-5-8)7-10-13(2,11)12/h9-10H,3-7H2,1-2H3. The molecule has 0 radical (unpaired) electrons. The first-order valence-electron chi connectivity index (χ1n) is 4.57. The molecule has 0 spiro atoms. The van der Waals surface area contributed by atoms with Gasteiger partial charge >= 0.3 is 0 Å². The fraction of sp³-hybridized carbons (Fsp3) is 1.00. The van der Waals surface area contributed by atoms with Crippen molar-refractivity contribution in [3.8, 4) is 0 Å². The zero-order chi connectivity index (χ0) is 9.95. The van der Waals surface area contributed by atoms with Crippen LogP contribution >= 0.6 is 0 Å². The average molecular weight is 206 g/mol. The number of sulfonamides is 1. The van der Waals surface area contributed by atoms with Crippen molar-refractivity contribution in [3.63, 3.8) is 0 Å². The monoisotopic (exact) mass is 206 g/mol. The van der Waals surface area contributed by atoms with Gasteiger partial charge < -0.3 is 5.32 Å². The third-order valence-electron chi connectivity index (χ3n) is 2.68. The van der Waals surface area contributed by atoms with E-state index < -0.39 is 10.0 Å². The maximum Gasteiger partial charge on any atom is 0.208 e. The van der Waals surface area contributed by atoms with E-state index in [-0.39, 0.29) is 5.41 Å². The highest BCUT2D eigenvalue weighted by Crippen LogP contribution is 2.39. The Kier molecular flexibility index (Phi) is 3.32. The van der Waals surface area contributed by atoms with Crippen LogP contribution in [-0.2, 0) is 10.0 Å². The van der Waals surface area contributed by atoms with Crippen LogP contribution in [-0.4, -0.2) is 34.8 Å². The van der Waals surface area contributed by atoms with Crippen molar-refractivity contribution in [3.05, 3.63) is 0 Å². The van der Waals surface area contributed by atoms with Crippen molar-refractivity contribution in [1.82, 2.24) is 10.0 Å². The van der Waals surface area contributed by atoms with Crippen LogP contribution in [0, 0.1) is 5.41 Å². The summed E-state index contributed by atoms with van der Waals surface area (Å²) >= 11 is 0. The minimum Gasteiger partial charge on any atom is -0.319 e. The lowest BCUT2D eigenvalue weighted by molar-refractivity contribution is 0.139. The molecule has 1 saturated carbocycles.